The molecule has 0 spiro atoms. The van der Waals surface area contributed by atoms with Gasteiger partial charge in [-0.1, -0.05) is 18.2 Å². The molecule has 33 heavy (non-hydrogen) atoms. The Morgan fingerprint density at radius 3 is 2.48 bits per heavy atom. The summed E-state index contributed by atoms with van der Waals surface area (Å²) in [5, 5.41) is 4.45. The maximum absolute atomic E-state index is 13.2. The quantitative estimate of drug-likeness (QED) is 0.456. The number of hydrogen-bond acceptors (Lipinski definition) is 5. The van der Waals surface area contributed by atoms with Crippen molar-refractivity contribution in [2.75, 3.05) is 18.4 Å². The molecule has 170 valence electrons. The summed E-state index contributed by atoms with van der Waals surface area (Å²) >= 11 is 0. The summed E-state index contributed by atoms with van der Waals surface area (Å²) in [5.74, 6) is 0.833. The molecule has 0 radical (unpaired) electrons. The number of nitrogens with one attached hydrogen (secondary N) is 2. The number of rotatable bonds is 5. The SMILES string of the molecule is Cc1ccc(NC2CCN(S(=O)(=O)c3ccc(-c4cc5cc[nH]c5nc4C)cc3)CC2)nc1. The predicted octanol–water partition coefficient (Wildman–Crippen LogP) is 4.51. The Bertz CT molecular complexity index is 1370. The molecule has 1 aliphatic rings. The minimum atomic E-state index is -3.53. The Morgan fingerprint density at radius 2 is 1.79 bits per heavy atom. The first kappa shape index (κ1) is 21.6. The maximum Gasteiger partial charge on any atom is 0.243 e. The number of aromatic nitrogens is 3. The van der Waals surface area contributed by atoms with Gasteiger partial charge >= 0.3 is 0 Å². The fourth-order valence-electron chi connectivity index (χ4n) is 4.32. The summed E-state index contributed by atoms with van der Waals surface area (Å²) < 4.78 is 28.0. The fourth-order valence-corrected chi connectivity index (χ4v) is 5.79. The second kappa shape index (κ2) is 8.61. The zero-order valence-corrected chi connectivity index (χ0v) is 19.6. The van der Waals surface area contributed by atoms with Crippen LogP contribution in [0.4, 0.5) is 5.82 Å². The monoisotopic (exact) mass is 461 g/mol. The number of anilines is 1. The highest BCUT2D eigenvalue weighted by atomic mass is 32.2. The standard InChI is InChI=1S/C25H27N5O2S/c1-17-3-8-24(27-16-17)29-21-10-13-30(14-11-21)33(31,32)22-6-4-19(5-7-22)23-15-20-9-12-26-25(20)28-18(23)2/h3-9,12,15-16,21H,10-11,13-14H2,1-2H3,(H,26,28)(H,27,29). The van der Waals surface area contributed by atoms with Gasteiger partial charge in [0.25, 0.3) is 0 Å². The Balaban J connectivity index is 1.28. The molecule has 0 amide bonds. The van der Waals surface area contributed by atoms with E-state index in [9.17, 15) is 8.42 Å². The van der Waals surface area contributed by atoms with Crippen molar-refractivity contribution in [2.45, 2.75) is 37.6 Å². The molecule has 0 bridgehead atoms. The number of aromatic amines is 1. The Kier molecular flexibility index (Phi) is 5.64. The van der Waals surface area contributed by atoms with Crippen molar-refractivity contribution in [3.8, 4) is 11.1 Å². The van der Waals surface area contributed by atoms with E-state index in [1.54, 1.807) is 16.4 Å². The van der Waals surface area contributed by atoms with Crippen LogP contribution < -0.4 is 5.32 Å². The van der Waals surface area contributed by atoms with E-state index in [0.717, 1.165) is 52.1 Å². The molecule has 0 saturated carbocycles. The van der Waals surface area contributed by atoms with Gasteiger partial charge in [0.1, 0.15) is 11.5 Å². The fraction of sp³-hybridized carbons (Fsp3) is 0.280. The molecule has 4 aromatic rings. The molecular weight excluding hydrogens is 434 g/mol. The van der Waals surface area contributed by atoms with E-state index in [4.69, 9.17) is 0 Å². The van der Waals surface area contributed by atoms with Gasteiger partial charge in [0.2, 0.25) is 10.0 Å². The topological polar surface area (TPSA) is 91.0 Å². The summed E-state index contributed by atoms with van der Waals surface area (Å²) in [6.45, 7) is 4.94. The highest BCUT2D eigenvalue weighted by Gasteiger charge is 2.29. The summed E-state index contributed by atoms with van der Waals surface area (Å²) in [6, 6.07) is 15.4. The van der Waals surface area contributed by atoms with Gasteiger partial charge < -0.3 is 10.3 Å². The van der Waals surface area contributed by atoms with Crippen LogP contribution in [0.2, 0.25) is 0 Å². The molecule has 1 saturated heterocycles. The molecule has 1 aliphatic heterocycles. The van der Waals surface area contributed by atoms with Crippen LogP contribution >= 0.6 is 0 Å². The number of aryl methyl sites for hydroxylation is 2. The average Bonchev–Trinajstić information content (AvgIpc) is 3.28. The summed E-state index contributed by atoms with van der Waals surface area (Å²) in [6.07, 6.45) is 5.19. The summed E-state index contributed by atoms with van der Waals surface area (Å²) in [4.78, 5) is 12.4. The van der Waals surface area contributed by atoms with Gasteiger partial charge in [0, 0.05) is 48.2 Å². The highest BCUT2D eigenvalue weighted by Crippen LogP contribution is 2.28. The van der Waals surface area contributed by atoms with Crippen molar-refractivity contribution in [1.29, 1.82) is 0 Å². The second-order valence-electron chi connectivity index (χ2n) is 8.60. The van der Waals surface area contributed by atoms with E-state index in [-0.39, 0.29) is 6.04 Å². The molecule has 5 rings (SSSR count). The van der Waals surface area contributed by atoms with E-state index in [0.29, 0.717) is 18.0 Å². The number of sulfonamides is 1. The third kappa shape index (κ3) is 4.36. The number of H-pyrrole nitrogens is 1. The lowest BCUT2D eigenvalue weighted by atomic mass is 10.0. The van der Waals surface area contributed by atoms with Gasteiger partial charge in [-0.2, -0.15) is 4.31 Å². The minimum Gasteiger partial charge on any atom is -0.367 e. The Hall–Kier alpha value is -3.23. The lowest BCUT2D eigenvalue weighted by Crippen LogP contribution is -2.42. The number of hydrogen-bond donors (Lipinski definition) is 2. The number of piperidine rings is 1. The zero-order valence-electron chi connectivity index (χ0n) is 18.7. The normalized spacial score (nSPS) is 15.7. The van der Waals surface area contributed by atoms with E-state index < -0.39 is 10.0 Å². The van der Waals surface area contributed by atoms with Crippen molar-refractivity contribution >= 4 is 26.9 Å². The zero-order chi connectivity index (χ0) is 23.0. The Labute approximate surface area is 193 Å². The molecule has 1 aromatic carbocycles. The molecule has 3 aromatic heterocycles. The van der Waals surface area contributed by atoms with Gasteiger partial charge in [0.05, 0.1) is 4.90 Å². The minimum absolute atomic E-state index is 0.216. The van der Waals surface area contributed by atoms with Crippen LogP contribution in [0.5, 0.6) is 0 Å². The molecular formula is C25H27N5O2S. The van der Waals surface area contributed by atoms with Crippen molar-refractivity contribution in [3.05, 3.63) is 72.2 Å². The first-order valence-electron chi connectivity index (χ1n) is 11.1. The number of benzene rings is 1. The van der Waals surface area contributed by atoms with E-state index in [1.165, 1.54) is 0 Å². The van der Waals surface area contributed by atoms with Crippen LogP contribution in [-0.4, -0.2) is 46.8 Å². The van der Waals surface area contributed by atoms with Crippen molar-refractivity contribution in [1.82, 2.24) is 19.3 Å². The summed E-state index contributed by atoms with van der Waals surface area (Å²) in [7, 11) is -3.53. The van der Waals surface area contributed by atoms with Crippen molar-refractivity contribution in [3.63, 3.8) is 0 Å². The third-order valence-electron chi connectivity index (χ3n) is 6.25. The first-order chi connectivity index (χ1) is 15.9. The largest absolute Gasteiger partial charge is 0.367 e. The predicted molar refractivity (Wildman–Crippen MR) is 131 cm³/mol. The van der Waals surface area contributed by atoms with Crippen LogP contribution in [-0.2, 0) is 10.0 Å². The van der Waals surface area contributed by atoms with Gasteiger partial charge in [0.15, 0.2) is 0 Å². The van der Waals surface area contributed by atoms with Crippen molar-refractivity contribution in [2.24, 2.45) is 0 Å². The number of pyridine rings is 2. The van der Waals surface area contributed by atoms with Crippen LogP contribution in [0.3, 0.4) is 0 Å². The molecule has 2 N–H and O–H groups in total. The van der Waals surface area contributed by atoms with Crippen LogP contribution in [0.1, 0.15) is 24.1 Å². The van der Waals surface area contributed by atoms with Gasteiger partial charge in [-0.05, 0) is 68.1 Å². The van der Waals surface area contributed by atoms with E-state index in [1.807, 2.05) is 56.6 Å². The molecule has 0 aliphatic carbocycles. The molecule has 0 unspecified atom stereocenters. The maximum atomic E-state index is 13.2. The molecule has 8 heteroatoms. The lowest BCUT2D eigenvalue weighted by Gasteiger charge is -2.32. The molecule has 1 fully saturated rings. The van der Waals surface area contributed by atoms with Gasteiger partial charge in [-0.15, -0.1) is 0 Å². The highest BCUT2D eigenvalue weighted by molar-refractivity contribution is 7.89. The smallest absolute Gasteiger partial charge is 0.243 e. The number of fused-ring (bicyclic) bond motifs is 1. The van der Waals surface area contributed by atoms with E-state index >= 15 is 0 Å². The molecule has 0 atom stereocenters. The van der Waals surface area contributed by atoms with Crippen LogP contribution in [0.15, 0.2) is 65.8 Å². The van der Waals surface area contributed by atoms with Gasteiger partial charge in [-0.25, -0.2) is 18.4 Å². The molecule has 7 nitrogen and oxygen atoms in total. The first-order valence-corrected chi connectivity index (χ1v) is 12.6. The van der Waals surface area contributed by atoms with Gasteiger partial charge in [-0.3, -0.25) is 0 Å². The van der Waals surface area contributed by atoms with E-state index in [2.05, 4.69) is 26.3 Å². The van der Waals surface area contributed by atoms with Crippen LogP contribution in [0.25, 0.3) is 22.2 Å². The Morgan fingerprint density at radius 1 is 1.03 bits per heavy atom. The lowest BCUT2D eigenvalue weighted by molar-refractivity contribution is 0.329. The average molecular weight is 462 g/mol. The third-order valence-corrected chi connectivity index (χ3v) is 8.16. The number of nitrogens with zero attached hydrogens (tertiary/aromatic N) is 3. The van der Waals surface area contributed by atoms with Crippen LogP contribution in [0, 0.1) is 13.8 Å². The molecule has 4 heterocycles. The summed E-state index contributed by atoms with van der Waals surface area (Å²) in [5.41, 5.74) is 4.83. The van der Waals surface area contributed by atoms with Crippen molar-refractivity contribution < 1.29 is 8.42 Å². The second-order valence-corrected chi connectivity index (χ2v) is 10.5.